The fourth-order valence-corrected chi connectivity index (χ4v) is 2.10. The first-order chi connectivity index (χ1) is 7.26. The van der Waals surface area contributed by atoms with Gasteiger partial charge in [-0.05, 0) is 44.5 Å². The van der Waals surface area contributed by atoms with Gasteiger partial charge in [-0.3, -0.25) is 0 Å². The summed E-state index contributed by atoms with van der Waals surface area (Å²) in [4.78, 5) is 0. The zero-order valence-corrected chi connectivity index (χ0v) is 9.46. The fourth-order valence-electron chi connectivity index (χ4n) is 2.10. The number of aromatic nitrogens is 1. The van der Waals surface area contributed by atoms with Crippen LogP contribution in [0.5, 0.6) is 0 Å². The van der Waals surface area contributed by atoms with Crippen LogP contribution in [0.2, 0.25) is 0 Å². The van der Waals surface area contributed by atoms with Crippen LogP contribution in [0.1, 0.15) is 18.1 Å². The Morgan fingerprint density at radius 2 is 2.13 bits per heavy atom. The van der Waals surface area contributed by atoms with E-state index in [-0.39, 0.29) is 0 Å². The van der Waals surface area contributed by atoms with Crippen molar-refractivity contribution in [1.82, 2.24) is 4.57 Å². The molecule has 15 heavy (non-hydrogen) atoms. The lowest BCUT2D eigenvalue weighted by atomic mass is 10.1. The van der Waals surface area contributed by atoms with Gasteiger partial charge < -0.3 is 10.3 Å². The first-order valence-electron chi connectivity index (χ1n) is 5.54. The highest BCUT2D eigenvalue weighted by Crippen LogP contribution is 2.23. The van der Waals surface area contributed by atoms with Gasteiger partial charge in [-0.2, -0.15) is 0 Å². The summed E-state index contributed by atoms with van der Waals surface area (Å²) in [6.07, 6.45) is 3.20. The standard InChI is InChI=1S/C13H18N2/c1-3-15-9-11(6-7-14)12-8-10(2)4-5-13(12)15/h4-5,8-9H,3,6-7,14H2,1-2H3. The maximum Gasteiger partial charge on any atom is 0.0483 e. The lowest BCUT2D eigenvalue weighted by molar-refractivity contribution is 0.790. The third kappa shape index (κ3) is 1.77. The molecule has 0 amide bonds. The average molecular weight is 202 g/mol. The van der Waals surface area contributed by atoms with Crippen LogP contribution >= 0.6 is 0 Å². The minimum absolute atomic E-state index is 0.719. The Morgan fingerprint density at radius 1 is 1.33 bits per heavy atom. The van der Waals surface area contributed by atoms with Crippen molar-refractivity contribution in [2.75, 3.05) is 6.54 Å². The molecule has 80 valence electrons. The lowest BCUT2D eigenvalue weighted by Crippen LogP contribution is -2.02. The van der Waals surface area contributed by atoms with E-state index in [1.807, 2.05) is 0 Å². The summed E-state index contributed by atoms with van der Waals surface area (Å²) >= 11 is 0. The van der Waals surface area contributed by atoms with Gasteiger partial charge in [0.05, 0.1) is 0 Å². The Morgan fingerprint density at radius 3 is 2.80 bits per heavy atom. The van der Waals surface area contributed by atoms with E-state index in [1.165, 1.54) is 22.0 Å². The van der Waals surface area contributed by atoms with Gasteiger partial charge >= 0.3 is 0 Å². The number of nitrogens with two attached hydrogens (primary N) is 1. The van der Waals surface area contributed by atoms with Crippen molar-refractivity contribution in [3.63, 3.8) is 0 Å². The fraction of sp³-hybridized carbons (Fsp3) is 0.385. The molecule has 1 aromatic heterocycles. The molecule has 0 radical (unpaired) electrons. The highest BCUT2D eigenvalue weighted by atomic mass is 14.9. The first-order valence-corrected chi connectivity index (χ1v) is 5.54. The number of rotatable bonds is 3. The van der Waals surface area contributed by atoms with Crippen molar-refractivity contribution in [2.24, 2.45) is 5.73 Å². The van der Waals surface area contributed by atoms with Gasteiger partial charge in [0.2, 0.25) is 0 Å². The summed E-state index contributed by atoms with van der Waals surface area (Å²) in [6.45, 7) is 6.04. The Hall–Kier alpha value is -1.28. The van der Waals surface area contributed by atoms with Gasteiger partial charge in [0, 0.05) is 23.6 Å². The summed E-state index contributed by atoms with van der Waals surface area (Å²) in [5, 5.41) is 1.36. The lowest BCUT2D eigenvalue weighted by Gasteiger charge is -2.00. The molecule has 0 spiro atoms. The van der Waals surface area contributed by atoms with Crippen molar-refractivity contribution in [3.8, 4) is 0 Å². The Labute approximate surface area is 90.7 Å². The number of fused-ring (bicyclic) bond motifs is 1. The van der Waals surface area contributed by atoms with Crippen LogP contribution in [0.15, 0.2) is 24.4 Å². The zero-order chi connectivity index (χ0) is 10.8. The molecule has 2 rings (SSSR count). The van der Waals surface area contributed by atoms with E-state index in [1.54, 1.807) is 0 Å². The first kappa shape index (κ1) is 10.2. The molecule has 0 aliphatic rings. The average Bonchev–Trinajstić information content (AvgIpc) is 2.57. The van der Waals surface area contributed by atoms with Gasteiger partial charge in [-0.25, -0.2) is 0 Å². The molecule has 0 aliphatic heterocycles. The molecule has 2 N–H and O–H groups in total. The van der Waals surface area contributed by atoms with Crippen LogP contribution in [0.3, 0.4) is 0 Å². The van der Waals surface area contributed by atoms with Crippen LogP contribution in [0, 0.1) is 6.92 Å². The molecular weight excluding hydrogens is 184 g/mol. The molecule has 0 unspecified atom stereocenters. The topological polar surface area (TPSA) is 30.9 Å². The number of benzene rings is 1. The predicted molar refractivity (Wildman–Crippen MR) is 65.1 cm³/mol. The SMILES string of the molecule is CCn1cc(CCN)c2cc(C)ccc21. The third-order valence-corrected chi connectivity index (χ3v) is 2.87. The van der Waals surface area contributed by atoms with Crippen LogP contribution in [-0.2, 0) is 13.0 Å². The zero-order valence-electron chi connectivity index (χ0n) is 9.46. The minimum Gasteiger partial charge on any atom is -0.347 e. The van der Waals surface area contributed by atoms with Gasteiger partial charge in [-0.1, -0.05) is 11.6 Å². The molecular formula is C13H18N2. The maximum absolute atomic E-state index is 5.63. The van der Waals surface area contributed by atoms with Gasteiger partial charge in [0.25, 0.3) is 0 Å². The number of aryl methyl sites for hydroxylation is 2. The van der Waals surface area contributed by atoms with Crippen molar-refractivity contribution in [2.45, 2.75) is 26.8 Å². The smallest absolute Gasteiger partial charge is 0.0483 e. The monoisotopic (exact) mass is 202 g/mol. The molecule has 0 fully saturated rings. The Balaban J connectivity index is 2.64. The highest BCUT2D eigenvalue weighted by Gasteiger charge is 2.06. The van der Waals surface area contributed by atoms with E-state index >= 15 is 0 Å². The van der Waals surface area contributed by atoms with Crippen molar-refractivity contribution in [3.05, 3.63) is 35.5 Å². The molecule has 1 aromatic carbocycles. The summed E-state index contributed by atoms with van der Waals surface area (Å²) in [7, 11) is 0. The largest absolute Gasteiger partial charge is 0.347 e. The Kier molecular flexibility index (Phi) is 2.78. The second kappa shape index (κ2) is 4.07. The minimum atomic E-state index is 0.719. The Bertz CT molecular complexity index is 469. The van der Waals surface area contributed by atoms with E-state index in [9.17, 15) is 0 Å². The van der Waals surface area contributed by atoms with E-state index in [0.29, 0.717) is 0 Å². The molecule has 2 heteroatoms. The van der Waals surface area contributed by atoms with Gasteiger partial charge in [0.15, 0.2) is 0 Å². The second-order valence-corrected chi connectivity index (χ2v) is 4.00. The van der Waals surface area contributed by atoms with Crippen LogP contribution < -0.4 is 5.73 Å². The summed E-state index contributed by atoms with van der Waals surface area (Å²) in [5.41, 5.74) is 9.64. The van der Waals surface area contributed by atoms with Gasteiger partial charge in [0.1, 0.15) is 0 Å². The molecule has 0 saturated heterocycles. The maximum atomic E-state index is 5.63. The summed E-state index contributed by atoms with van der Waals surface area (Å²) in [6, 6.07) is 6.63. The van der Waals surface area contributed by atoms with Crippen molar-refractivity contribution < 1.29 is 0 Å². The quantitative estimate of drug-likeness (QED) is 0.814. The summed E-state index contributed by atoms with van der Waals surface area (Å²) < 4.78 is 2.29. The van der Waals surface area contributed by atoms with Crippen LogP contribution in [0.25, 0.3) is 10.9 Å². The van der Waals surface area contributed by atoms with Gasteiger partial charge in [-0.15, -0.1) is 0 Å². The molecule has 2 aromatic rings. The number of nitrogens with zero attached hydrogens (tertiary/aromatic N) is 1. The molecule has 0 bridgehead atoms. The third-order valence-electron chi connectivity index (χ3n) is 2.87. The molecule has 2 nitrogen and oxygen atoms in total. The summed E-state index contributed by atoms with van der Waals surface area (Å²) in [5.74, 6) is 0. The second-order valence-electron chi connectivity index (χ2n) is 4.00. The van der Waals surface area contributed by atoms with Crippen LogP contribution in [-0.4, -0.2) is 11.1 Å². The highest BCUT2D eigenvalue weighted by molar-refractivity contribution is 5.84. The van der Waals surface area contributed by atoms with Crippen LogP contribution in [0.4, 0.5) is 0 Å². The van der Waals surface area contributed by atoms with Crippen molar-refractivity contribution in [1.29, 1.82) is 0 Å². The van der Waals surface area contributed by atoms with E-state index in [4.69, 9.17) is 5.73 Å². The normalized spacial score (nSPS) is 11.1. The number of hydrogen-bond donors (Lipinski definition) is 1. The number of hydrogen-bond acceptors (Lipinski definition) is 1. The molecule has 1 heterocycles. The van der Waals surface area contributed by atoms with E-state index < -0.39 is 0 Å². The van der Waals surface area contributed by atoms with E-state index in [2.05, 4.69) is 42.8 Å². The molecule has 0 aliphatic carbocycles. The van der Waals surface area contributed by atoms with E-state index in [0.717, 1.165) is 19.5 Å². The predicted octanol–water partition coefficient (Wildman–Crippen LogP) is 2.47. The molecule has 0 atom stereocenters. The molecule has 0 saturated carbocycles. The van der Waals surface area contributed by atoms with Crippen molar-refractivity contribution >= 4 is 10.9 Å².